The van der Waals surface area contributed by atoms with Gasteiger partial charge in [0.25, 0.3) is 0 Å². The van der Waals surface area contributed by atoms with Crippen LogP contribution in [0.5, 0.6) is 0 Å². The number of benzene rings is 2. The molecule has 31 heavy (non-hydrogen) atoms. The van der Waals surface area contributed by atoms with E-state index in [1.54, 1.807) is 0 Å². The van der Waals surface area contributed by atoms with E-state index in [1.165, 1.54) is 0 Å². The number of rotatable bonds is 13. The lowest BCUT2D eigenvalue weighted by Crippen LogP contribution is -2.51. The Balaban J connectivity index is 1.53. The first kappa shape index (κ1) is 23.9. The van der Waals surface area contributed by atoms with Gasteiger partial charge in [0, 0.05) is 13.0 Å². The SMILES string of the molecule is CCOCCOC[C@H]1O[C@@H](COCc2ccccc2)[C@H](OCc2ccccc2)C[C@@H]1O. The van der Waals surface area contributed by atoms with Crippen LogP contribution < -0.4 is 0 Å². The zero-order valence-corrected chi connectivity index (χ0v) is 18.2. The van der Waals surface area contributed by atoms with Gasteiger partial charge >= 0.3 is 0 Å². The van der Waals surface area contributed by atoms with Gasteiger partial charge in [0.05, 0.1) is 51.8 Å². The molecule has 1 aliphatic heterocycles. The van der Waals surface area contributed by atoms with Crippen LogP contribution in [-0.2, 0) is 36.9 Å². The molecule has 1 N–H and O–H groups in total. The first-order chi connectivity index (χ1) is 15.3. The molecule has 0 radical (unpaired) electrons. The highest BCUT2D eigenvalue weighted by atomic mass is 16.6. The average Bonchev–Trinajstić information content (AvgIpc) is 2.81. The van der Waals surface area contributed by atoms with E-state index in [-0.39, 0.29) is 12.2 Å². The Morgan fingerprint density at radius 3 is 2.10 bits per heavy atom. The number of hydrogen-bond donors (Lipinski definition) is 1. The molecule has 2 aromatic carbocycles. The fourth-order valence-corrected chi connectivity index (χ4v) is 3.52. The summed E-state index contributed by atoms with van der Waals surface area (Å²) >= 11 is 0. The molecule has 0 unspecified atom stereocenters. The molecule has 1 heterocycles. The van der Waals surface area contributed by atoms with Gasteiger partial charge in [0.1, 0.15) is 12.2 Å². The third-order valence-electron chi connectivity index (χ3n) is 5.23. The zero-order chi connectivity index (χ0) is 21.7. The molecule has 3 rings (SSSR count). The minimum absolute atomic E-state index is 0.259. The van der Waals surface area contributed by atoms with Crippen molar-refractivity contribution in [1.29, 1.82) is 0 Å². The van der Waals surface area contributed by atoms with Gasteiger partial charge in [-0.2, -0.15) is 0 Å². The maximum atomic E-state index is 10.6. The summed E-state index contributed by atoms with van der Waals surface area (Å²) < 4.78 is 29.2. The van der Waals surface area contributed by atoms with Crippen molar-refractivity contribution in [2.24, 2.45) is 0 Å². The lowest BCUT2D eigenvalue weighted by atomic mass is 9.98. The van der Waals surface area contributed by atoms with E-state index in [0.29, 0.717) is 52.7 Å². The normalized spacial score (nSPS) is 23.7. The van der Waals surface area contributed by atoms with Crippen molar-refractivity contribution < 1.29 is 28.8 Å². The van der Waals surface area contributed by atoms with Gasteiger partial charge in [-0.15, -0.1) is 0 Å². The monoisotopic (exact) mass is 430 g/mol. The van der Waals surface area contributed by atoms with Crippen molar-refractivity contribution in [1.82, 2.24) is 0 Å². The molecule has 170 valence electrons. The van der Waals surface area contributed by atoms with E-state index in [4.69, 9.17) is 23.7 Å². The van der Waals surface area contributed by atoms with Gasteiger partial charge in [-0.3, -0.25) is 0 Å². The van der Waals surface area contributed by atoms with Crippen LogP contribution in [0.4, 0.5) is 0 Å². The van der Waals surface area contributed by atoms with Gasteiger partial charge in [0.15, 0.2) is 0 Å². The average molecular weight is 431 g/mol. The molecule has 0 spiro atoms. The van der Waals surface area contributed by atoms with Crippen molar-refractivity contribution in [3.05, 3.63) is 71.8 Å². The Morgan fingerprint density at radius 2 is 1.42 bits per heavy atom. The van der Waals surface area contributed by atoms with Gasteiger partial charge in [-0.05, 0) is 18.1 Å². The van der Waals surface area contributed by atoms with Crippen LogP contribution in [0.1, 0.15) is 24.5 Å². The predicted octanol–water partition coefficient (Wildman–Crippen LogP) is 3.36. The van der Waals surface area contributed by atoms with Crippen LogP contribution >= 0.6 is 0 Å². The molecule has 0 bridgehead atoms. The third-order valence-corrected chi connectivity index (χ3v) is 5.23. The minimum Gasteiger partial charge on any atom is -0.390 e. The summed E-state index contributed by atoms with van der Waals surface area (Å²) in [4.78, 5) is 0. The second-order valence-corrected chi connectivity index (χ2v) is 7.62. The molecule has 0 amide bonds. The summed E-state index contributed by atoms with van der Waals surface area (Å²) in [5, 5.41) is 10.6. The Bertz CT molecular complexity index is 710. The Kier molecular flexibility index (Phi) is 10.4. The molecule has 0 aliphatic carbocycles. The van der Waals surface area contributed by atoms with Crippen molar-refractivity contribution in [2.45, 2.75) is 51.0 Å². The summed E-state index contributed by atoms with van der Waals surface area (Å²) in [5.41, 5.74) is 2.19. The summed E-state index contributed by atoms with van der Waals surface area (Å²) in [7, 11) is 0. The van der Waals surface area contributed by atoms with E-state index in [9.17, 15) is 5.11 Å². The first-order valence-corrected chi connectivity index (χ1v) is 11.0. The highest BCUT2D eigenvalue weighted by molar-refractivity contribution is 5.14. The summed E-state index contributed by atoms with van der Waals surface area (Å²) in [5.74, 6) is 0. The van der Waals surface area contributed by atoms with Crippen molar-refractivity contribution in [3.63, 3.8) is 0 Å². The van der Waals surface area contributed by atoms with Crippen LogP contribution in [0, 0.1) is 0 Å². The standard InChI is InChI=1S/C25H34O6/c1-2-27-13-14-28-18-24-22(26)15-23(30-17-21-11-7-4-8-12-21)25(31-24)19-29-16-20-9-5-3-6-10-20/h3-12,22-26H,2,13-19H2,1H3/t22-,23+,24+,25-/m0/s1. The van der Waals surface area contributed by atoms with Gasteiger partial charge < -0.3 is 28.8 Å². The molecule has 0 saturated carbocycles. The molecular weight excluding hydrogens is 396 g/mol. The van der Waals surface area contributed by atoms with E-state index >= 15 is 0 Å². The summed E-state index contributed by atoms with van der Waals surface area (Å²) in [6, 6.07) is 20.0. The quantitative estimate of drug-likeness (QED) is 0.492. The highest BCUT2D eigenvalue weighted by Gasteiger charge is 2.38. The molecule has 1 saturated heterocycles. The smallest absolute Gasteiger partial charge is 0.108 e. The molecule has 1 aliphatic rings. The van der Waals surface area contributed by atoms with Crippen LogP contribution in [-0.4, -0.2) is 62.6 Å². The van der Waals surface area contributed by atoms with E-state index in [0.717, 1.165) is 11.1 Å². The third kappa shape index (κ3) is 8.33. The van der Waals surface area contributed by atoms with Crippen molar-refractivity contribution >= 4 is 0 Å². The molecule has 6 nitrogen and oxygen atoms in total. The second kappa shape index (κ2) is 13.6. The number of hydrogen-bond acceptors (Lipinski definition) is 6. The van der Waals surface area contributed by atoms with Crippen LogP contribution in [0.3, 0.4) is 0 Å². The van der Waals surface area contributed by atoms with Crippen LogP contribution in [0.15, 0.2) is 60.7 Å². The van der Waals surface area contributed by atoms with Crippen molar-refractivity contribution in [2.75, 3.05) is 33.0 Å². The Hall–Kier alpha value is -1.80. The number of ether oxygens (including phenoxy) is 5. The van der Waals surface area contributed by atoms with Crippen LogP contribution in [0.25, 0.3) is 0 Å². The fourth-order valence-electron chi connectivity index (χ4n) is 3.52. The van der Waals surface area contributed by atoms with Gasteiger partial charge in [-0.1, -0.05) is 60.7 Å². The number of aliphatic hydroxyl groups is 1. The van der Waals surface area contributed by atoms with E-state index in [1.807, 2.05) is 67.6 Å². The Morgan fingerprint density at radius 1 is 0.806 bits per heavy atom. The topological polar surface area (TPSA) is 66.4 Å². The first-order valence-electron chi connectivity index (χ1n) is 11.0. The summed E-state index contributed by atoms with van der Waals surface area (Å²) in [6.45, 7) is 5.29. The molecular formula is C25H34O6. The molecule has 6 heteroatoms. The molecule has 2 aromatic rings. The summed E-state index contributed by atoms with van der Waals surface area (Å²) in [6.07, 6.45) is -1.13. The van der Waals surface area contributed by atoms with E-state index < -0.39 is 12.2 Å². The van der Waals surface area contributed by atoms with Crippen LogP contribution in [0.2, 0.25) is 0 Å². The molecule has 1 fully saturated rings. The maximum Gasteiger partial charge on any atom is 0.108 e. The highest BCUT2D eigenvalue weighted by Crippen LogP contribution is 2.25. The fraction of sp³-hybridized carbons (Fsp3) is 0.520. The minimum atomic E-state index is -0.654. The van der Waals surface area contributed by atoms with Gasteiger partial charge in [-0.25, -0.2) is 0 Å². The van der Waals surface area contributed by atoms with Gasteiger partial charge in [0.2, 0.25) is 0 Å². The number of aliphatic hydroxyl groups excluding tert-OH is 1. The largest absolute Gasteiger partial charge is 0.390 e. The van der Waals surface area contributed by atoms with E-state index in [2.05, 4.69) is 0 Å². The zero-order valence-electron chi connectivity index (χ0n) is 18.2. The lowest BCUT2D eigenvalue weighted by Gasteiger charge is -2.39. The lowest BCUT2D eigenvalue weighted by molar-refractivity contribution is -0.214. The maximum absolute atomic E-state index is 10.6. The predicted molar refractivity (Wildman–Crippen MR) is 118 cm³/mol. The molecule has 0 aromatic heterocycles. The Labute approximate surface area is 185 Å². The molecule has 4 atom stereocenters. The second-order valence-electron chi connectivity index (χ2n) is 7.62. The van der Waals surface area contributed by atoms with Crippen molar-refractivity contribution in [3.8, 4) is 0 Å².